The number of carbonyl (C=O) groups excluding carboxylic acids is 2. The van der Waals surface area contributed by atoms with Crippen molar-refractivity contribution < 1.29 is 59.2 Å². The fourth-order valence-corrected chi connectivity index (χ4v) is 5.38. The van der Waals surface area contributed by atoms with Crippen LogP contribution >= 0.6 is 11.0 Å². The molecule has 11 nitrogen and oxygen atoms in total. The Bertz CT molecular complexity index is 1350. The van der Waals surface area contributed by atoms with Crippen LogP contribution in [0, 0.1) is 5.82 Å². The first-order chi connectivity index (χ1) is 17.0. The van der Waals surface area contributed by atoms with Gasteiger partial charge in [-0.25, -0.2) is 13.7 Å². The van der Waals surface area contributed by atoms with Crippen LogP contribution in [0.2, 0.25) is 0 Å². The molecule has 2 aromatic heterocycles. The number of anilines is 1. The van der Waals surface area contributed by atoms with E-state index in [1.165, 1.54) is 45.9 Å². The summed E-state index contributed by atoms with van der Waals surface area (Å²) in [7, 11) is 1.24. The Balaban J connectivity index is 0.00000253. The zero-order valence-electron chi connectivity index (χ0n) is 22.0. The molecule has 37 heavy (non-hydrogen) atoms. The van der Waals surface area contributed by atoms with Crippen LogP contribution in [0.1, 0.15) is 34.3 Å². The third kappa shape index (κ3) is 5.67. The van der Waals surface area contributed by atoms with Crippen molar-refractivity contribution in [3.63, 3.8) is 0 Å². The van der Waals surface area contributed by atoms with Gasteiger partial charge >= 0.3 is 29.6 Å². The molecule has 194 valence electrons. The summed E-state index contributed by atoms with van der Waals surface area (Å²) in [5, 5.41) is 13.8. The van der Waals surface area contributed by atoms with Crippen LogP contribution in [0.25, 0.3) is 10.9 Å². The molecule has 1 saturated heterocycles. The SMILES string of the molecule is CN(C)C(=O)c1cc(F)ccc1CNC(=O)c1nc(N2CCCN(C)S2(O)O)c2cccnc2c1O.[H-].[Na+]. The zero-order valence-corrected chi connectivity index (χ0v) is 23.8. The van der Waals surface area contributed by atoms with E-state index in [9.17, 15) is 28.2 Å². The average Bonchev–Trinajstić information content (AvgIpc) is 2.85. The van der Waals surface area contributed by atoms with E-state index in [2.05, 4.69) is 15.3 Å². The minimum Gasteiger partial charge on any atom is -1.00 e. The molecular weight excluding hydrogens is 514 g/mol. The molecule has 0 radical (unpaired) electrons. The quantitative estimate of drug-likeness (QED) is 0.326. The van der Waals surface area contributed by atoms with E-state index in [1.807, 2.05) is 0 Å². The van der Waals surface area contributed by atoms with Crippen LogP contribution in [0.15, 0.2) is 36.5 Å². The van der Waals surface area contributed by atoms with Crippen LogP contribution in [-0.4, -0.2) is 79.4 Å². The number of hydrogen-bond donors (Lipinski definition) is 4. The number of aromatic hydroxyl groups is 1. The summed E-state index contributed by atoms with van der Waals surface area (Å²) in [6.07, 6.45) is 2.05. The van der Waals surface area contributed by atoms with Crippen LogP contribution in [0.5, 0.6) is 5.75 Å². The number of halogens is 1. The topological polar surface area (TPSA) is 142 Å². The number of pyridine rings is 2. The summed E-state index contributed by atoms with van der Waals surface area (Å²) < 4.78 is 38.1. The molecule has 0 saturated carbocycles. The Kier molecular flexibility index (Phi) is 9.01. The molecule has 3 heterocycles. The van der Waals surface area contributed by atoms with E-state index in [4.69, 9.17) is 0 Å². The van der Waals surface area contributed by atoms with E-state index in [-0.39, 0.29) is 66.7 Å². The number of nitrogens with one attached hydrogen (secondary N) is 1. The van der Waals surface area contributed by atoms with Crippen molar-refractivity contribution in [3.8, 4) is 5.75 Å². The third-order valence-electron chi connectivity index (χ3n) is 5.86. The minimum absolute atomic E-state index is 0. The Morgan fingerprint density at radius 1 is 1.24 bits per heavy atom. The van der Waals surface area contributed by atoms with Crippen LogP contribution in [0.3, 0.4) is 0 Å². The molecule has 2 amide bonds. The molecule has 4 rings (SSSR count). The summed E-state index contributed by atoms with van der Waals surface area (Å²) in [5.74, 6) is -2.19. The van der Waals surface area contributed by atoms with Gasteiger partial charge in [0.25, 0.3) is 11.8 Å². The van der Waals surface area contributed by atoms with Crippen molar-refractivity contribution >= 4 is 39.5 Å². The van der Waals surface area contributed by atoms with Gasteiger partial charge in [0.05, 0.1) is 0 Å². The average molecular weight is 543 g/mol. The molecule has 1 aliphatic heterocycles. The van der Waals surface area contributed by atoms with E-state index < -0.39 is 34.3 Å². The molecule has 0 unspecified atom stereocenters. The second-order valence-corrected chi connectivity index (χ2v) is 10.6. The predicted molar refractivity (Wildman–Crippen MR) is 135 cm³/mol. The number of hydrogen-bond acceptors (Lipinski definition) is 9. The number of amides is 2. The molecule has 1 fully saturated rings. The summed E-state index contributed by atoms with van der Waals surface area (Å²) in [6, 6.07) is 6.90. The van der Waals surface area contributed by atoms with Gasteiger partial charge in [-0.1, -0.05) is 6.07 Å². The zero-order chi connectivity index (χ0) is 26.2. The number of benzene rings is 1. The normalized spacial score (nSPS) is 16.1. The molecular formula is C23H28FN6NaO5S. The first kappa shape index (κ1) is 29.0. The molecule has 1 aliphatic rings. The second-order valence-electron chi connectivity index (χ2n) is 8.51. The first-order valence-corrected chi connectivity index (χ1v) is 12.5. The molecule has 0 spiro atoms. The van der Waals surface area contributed by atoms with Crippen molar-refractivity contribution in [3.05, 3.63) is 59.2 Å². The van der Waals surface area contributed by atoms with Crippen LogP contribution in [-0.2, 0) is 6.54 Å². The summed E-state index contributed by atoms with van der Waals surface area (Å²) >= 11 is 0. The largest absolute Gasteiger partial charge is 1.00 e. The van der Waals surface area contributed by atoms with Gasteiger partial charge in [0, 0.05) is 57.9 Å². The summed E-state index contributed by atoms with van der Waals surface area (Å²) in [5.41, 5.74) is 0.154. The maximum Gasteiger partial charge on any atom is 1.00 e. The van der Waals surface area contributed by atoms with E-state index in [1.54, 1.807) is 19.2 Å². The standard InChI is InChI=1S/C23H27FN6O5S.Na.H/c1-28(2)23(33)17-12-15(24)8-7-14(17)13-26-22(32)19-20(31)18-16(6-4-9-25-18)21(27-19)30-11-5-10-29(3)36(30,34)35;;/h4,6-9,12,31,34-35H,5,10-11,13H2,1-3H3,(H,26,32);;/q;+1;-1. The van der Waals surface area contributed by atoms with E-state index >= 15 is 0 Å². The summed E-state index contributed by atoms with van der Waals surface area (Å²) in [6.45, 7) is 0.583. The molecule has 1 aromatic carbocycles. The smallest absolute Gasteiger partial charge is 1.00 e. The van der Waals surface area contributed by atoms with Crippen molar-refractivity contribution in [2.24, 2.45) is 0 Å². The fraction of sp³-hybridized carbons (Fsp3) is 0.304. The van der Waals surface area contributed by atoms with Gasteiger partial charge in [0.2, 0.25) is 0 Å². The Hall–Kier alpha value is -2.52. The second kappa shape index (κ2) is 11.5. The maximum absolute atomic E-state index is 13.8. The molecule has 0 aliphatic carbocycles. The summed E-state index contributed by atoms with van der Waals surface area (Å²) in [4.78, 5) is 35.4. The van der Waals surface area contributed by atoms with Crippen molar-refractivity contribution in [1.29, 1.82) is 0 Å². The number of nitrogens with zero attached hydrogens (tertiary/aromatic N) is 5. The fourth-order valence-electron chi connectivity index (χ4n) is 3.93. The van der Waals surface area contributed by atoms with Gasteiger partial charge in [-0.15, -0.1) is 0 Å². The van der Waals surface area contributed by atoms with Crippen molar-refractivity contribution in [2.75, 3.05) is 38.5 Å². The van der Waals surface area contributed by atoms with Crippen molar-refractivity contribution in [1.82, 2.24) is 24.5 Å². The van der Waals surface area contributed by atoms with Gasteiger partial charge in [0.15, 0.2) is 17.3 Å². The van der Waals surface area contributed by atoms with Crippen LogP contribution in [0.4, 0.5) is 10.2 Å². The number of rotatable bonds is 5. The monoisotopic (exact) mass is 542 g/mol. The number of aromatic nitrogens is 2. The van der Waals surface area contributed by atoms with Crippen molar-refractivity contribution in [2.45, 2.75) is 13.0 Å². The van der Waals surface area contributed by atoms with Gasteiger partial charge < -0.3 is 16.7 Å². The predicted octanol–water partition coefficient (Wildman–Crippen LogP) is -0.0547. The van der Waals surface area contributed by atoms with E-state index in [0.29, 0.717) is 23.9 Å². The first-order valence-electron chi connectivity index (χ1n) is 11.1. The molecule has 4 N–H and O–H groups in total. The van der Waals surface area contributed by atoms with E-state index in [0.717, 1.165) is 6.07 Å². The molecule has 3 aromatic rings. The maximum atomic E-state index is 13.8. The molecule has 0 atom stereocenters. The number of carbonyl (C=O) groups is 2. The van der Waals surface area contributed by atoms with Gasteiger partial charge in [0.1, 0.15) is 11.3 Å². The minimum atomic E-state index is -3.40. The molecule has 0 bridgehead atoms. The number of fused-ring (bicyclic) bond motifs is 1. The van der Waals surface area contributed by atoms with Gasteiger partial charge in [-0.05, 0) is 47.2 Å². The van der Waals surface area contributed by atoms with Gasteiger partial charge in [-0.3, -0.25) is 23.7 Å². The Labute approximate surface area is 238 Å². The van der Waals surface area contributed by atoms with Gasteiger partial charge in [-0.2, -0.15) is 4.31 Å². The van der Waals surface area contributed by atoms with Crippen LogP contribution < -0.4 is 39.2 Å². The third-order valence-corrected chi connectivity index (χ3v) is 7.83. The molecule has 14 heteroatoms. The Morgan fingerprint density at radius 2 is 1.97 bits per heavy atom. The Morgan fingerprint density at radius 3 is 2.68 bits per heavy atom.